The van der Waals surface area contributed by atoms with Crippen molar-refractivity contribution in [3.63, 3.8) is 0 Å². The maximum absolute atomic E-state index is 12.8. The zero-order valence-corrected chi connectivity index (χ0v) is 44.2. The molecule has 66 heavy (non-hydrogen) atoms. The van der Waals surface area contributed by atoms with E-state index < -0.39 is 6.10 Å². The number of hydrogen-bond acceptors (Lipinski definition) is 6. The molecular weight excluding hydrogens is 817 g/mol. The summed E-state index contributed by atoms with van der Waals surface area (Å²) in [7, 11) is 0. The van der Waals surface area contributed by atoms with Gasteiger partial charge in [0, 0.05) is 19.3 Å². The van der Waals surface area contributed by atoms with Gasteiger partial charge >= 0.3 is 17.9 Å². The Hall–Kier alpha value is -2.37. The first kappa shape index (κ1) is 63.6. The molecule has 0 rings (SSSR count). The molecule has 1 atom stereocenters. The minimum Gasteiger partial charge on any atom is -0.462 e. The maximum Gasteiger partial charge on any atom is 0.306 e. The molecule has 0 aliphatic rings. The summed E-state index contributed by atoms with van der Waals surface area (Å²) in [6.07, 6.45) is 66.0. The van der Waals surface area contributed by atoms with E-state index in [1.807, 2.05) is 0 Å². The molecule has 0 aromatic rings. The van der Waals surface area contributed by atoms with E-state index in [2.05, 4.69) is 57.2 Å². The second-order valence-corrected chi connectivity index (χ2v) is 19.6. The van der Waals surface area contributed by atoms with Gasteiger partial charge in [-0.3, -0.25) is 14.4 Å². The largest absolute Gasteiger partial charge is 0.462 e. The minimum atomic E-state index is -0.771. The number of rotatable bonds is 53. The van der Waals surface area contributed by atoms with Gasteiger partial charge in [-0.2, -0.15) is 0 Å². The average Bonchev–Trinajstić information content (AvgIpc) is 3.31. The summed E-state index contributed by atoms with van der Waals surface area (Å²) >= 11 is 0. The molecule has 6 heteroatoms. The van der Waals surface area contributed by atoms with Gasteiger partial charge in [0.2, 0.25) is 0 Å². The maximum atomic E-state index is 12.8. The minimum absolute atomic E-state index is 0.0736. The number of allylic oxidation sites excluding steroid dienone is 6. The van der Waals surface area contributed by atoms with Crippen molar-refractivity contribution in [2.75, 3.05) is 13.2 Å². The van der Waals surface area contributed by atoms with Gasteiger partial charge in [0.25, 0.3) is 0 Å². The lowest BCUT2D eigenvalue weighted by Gasteiger charge is -2.18. The second-order valence-electron chi connectivity index (χ2n) is 19.6. The van der Waals surface area contributed by atoms with Crippen LogP contribution in [0.3, 0.4) is 0 Å². The summed E-state index contributed by atoms with van der Waals surface area (Å²) in [6, 6.07) is 0. The van der Waals surface area contributed by atoms with E-state index >= 15 is 0 Å². The number of carbonyl (C=O) groups is 3. The molecule has 0 aliphatic heterocycles. The summed E-state index contributed by atoms with van der Waals surface area (Å²) in [5, 5.41) is 0. The molecular formula is C60H110O6. The van der Waals surface area contributed by atoms with Crippen LogP contribution in [0.2, 0.25) is 0 Å². The summed E-state index contributed by atoms with van der Waals surface area (Å²) in [6.45, 7) is 6.60. The topological polar surface area (TPSA) is 78.9 Å². The van der Waals surface area contributed by atoms with Gasteiger partial charge in [-0.05, 0) is 57.8 Å². The molecule has 6 nitrogen and oxygen atoms in total. The molecule has 0 aliphatic carbocycles. The van der Waals surface area contributed by atoms with Crippen LogP contribution in [0.25, 0.3) is 0 Å². The highest BCUT2D eigenvalue weighted by atomic mass is 16.6. The molecule has 0 fully saturated rings. The molecule has 0 heterocycles. The van der Waals surface area contributed by atoms with Crippen molar-refractivity contribution in [3.8, 4) is 0 Å². The van der Waals surface area contributed by atoms with Crippen LogP contribution in [0.4, 0.5) is 0 Å². The summed E-state index contributed by atoms with van der Waals surface area (Å²) in [5.74, 6) is -0.880. The first-order valence-corrected chi connectivity index (χ1v) is 29.0. The van der Waals surface area contributed by atoms with Gasteiger partial charge in [0.15, 0.2) is 6.10 Å². The standard InChI is InChI=1S/C60H110O6/c1-4-7-10-13-16-18-20-22-24-26-28-30-32-34-36-38-40-42-44-47-50-53-59(62)65-56-57(55-64-58(61)52-49-46-15-12-9-6-3)66-60(63)54-51-48-45-43-41-39-37-35-33-31-29-27-25-23-21-19-17-14-11-8-5-2/h20,22,26,28,32,34,57H,4-19,21,23-25,27,29-31,33,35-56H2,1-3H3/b22-20-,28-26-,34-32-. The Morgan fingerprint density at radius 1 is 0.303 bits per heavy atom. The predicted molar refractivity (Wildman–Crippen MR) is 284 cm³/mol. The van der Waals surface area contributed by atoms with Crippen molar-refractivity contribution >= 4 is 17.9 Å². The predicted octanol–water partition coefficient (Wildman–Crippen LogP) is 19.3. The van der Waals surface area contributed by atoms with Crippen LogP contribution in [-0.2, 0) is 28.6 Å². The molecule has 0 aromatic heterocycles. The fourth-order valence-corrected chi connectivity index (χ4v) is 8.51. The number of ether oxygens (including phenoxy) is 3. The molecule has 0 N–H and O–H groups in total. The smallest absolute Gasteiger partial charge is 0.306 e. The van der Waals surface area contributed by atoms with E-state index in [0.717, 1.165) is 77.0 Å². The molecule has 0 saturated carbocycles. The molecule has 0 spiro atoms. The average molecular weight is 928 g/mol. The third-order valence-electron chi connectivity index (χ3n) is 12.9. The zero-order valence-electron chi connectivity index (χ0n) is 44.2. The molecule has 386 valence electrons. The van der Waals surface area contributed by atoms with Crippen LogP contribution < -0.4 is 0 Å². The fourth-order valence-electron chi connectivity index (χ4n) is 8.51. The SMILES string of the molecule is CCCCCCC/C=C\C/C=C\C/C=C\CCCCCCCCC(=O)OCC(COC(=O)CCCCCCCC)OC(=O)CCCCCCCCCCCCCCCCCCCCCCC. The molecule has 0 radical (unpaired) electrons. The van der Waals surface area contributed by atoms with Crippen LogP contribution in [0.1, 0.15) is 310 Å². The molecule has 0 amide bonds. The molecule has 0 aromatic carbocycles. The highest BCUT2D eigenvalue weighted by Crippen LogP contribution is 2.17. The summed E-state index contributed by atoms with van der Waals surface area (Å²) in [5.41, 5.74) is 0. The van der Waals surface area contributed by atoms with Gasteiger partial charge in [0.05, 0.1) is 0 Å². The number of carbonyl (C=O) groups excluding carboxylic acids is 3. The van der Waals surface area contributed by atoms with E-state index in [0.29, 0.717) is 19.3 Å². The van der Waals surface area contributed by atoms with E-state index in [9.17, 15) is 14.4 Å². The third-order valence-corrected chi connectivity index (χ3v) is 12.9. The summed E-state index contributed by atoms with van der Waals surface area (Å²) < 4.78 is 16.8. The van der Waals surface area contributed by atoms with E-state index in [1.54, 1.807) is 0 Å². The van der Waals surface area contributed by atoms with Crippen molar-refractivity contribution in [2.45, 2.75) is 316 Å². The van der Waals surface area contributed by atoms with E-state index in [1.165, 1.54) is 193 Å². The number of hydrogen-bond donors (Lipinski definition) is 0. The van der Waals surface area contributed by atoms with Crippen LogP contribution in [0, 0.1) is 0 Å². The van der Waals surface area contributed by atoms with E-state index in [4.69, 9.17) is 14.2 Å². The van der Waals surface area contributed by atoms with Crippen LogP contribution in [0.15, 0.2) is 36.5 Å². The van der Waals surface area contributed by atoms with Crippen LogP contribution >= 0.6 is 0 Å². The summed E-state index contributed by atoms with van der Waals surface area (Å²) in [4.78, 5) is 37.9. The lowest BCUT2D eigenvalue weighted by Crippen LogP contribution is -2.30. The second kappa shape index (κ2) is 55.2. The van der Waals surface area contributed by atoms with Crippen molar-refractivity contribution in [3.05, 3.63) is 36.5 Å². The highest BCUT2D eigenvalue weighted by Gasteiger charge is 2.19. The lowest BCUT2D eigenvalue weighted by atomic mass is 10.0. The van der Waals surface area contributed by atoms with Gasteiger partial charge in [-0.1, -0.05) is 269 Å². The zero-order chi connectivity index (χ0) is 47.9. The van der Waals surface area contributed by atoms with Crippen molar-refractivity contribution < 1.29 is 28.6 Å². The molecule has 0 saturated heterocycles. The lowest BCUT2D eigenvalue weighted by molar-refractivity contribution is -0.167. The Morgan fingerprint density at radius 2 is 0.545 bits per heavy atom. The monoisotopic (exact) mass is 927 g/mol. The normalized spacial score (nSPS) is 12.2. The first-order chi connectivity index (χ1) is 32.5. The quantitative estimate of drug-likeness (QED) is 0.0262. The van der Waals surface area contributed by atoms with Gasteiger partial charge in [-0.15, -0.1) is 0 Å². The van der Waals surface area contributed by atoms with Gasteiger partial charge in [0.1, 0.15) is 13.2 Å². The van der Waals surface area contributed by atoms with E-state index in [-0.39, 0.29) is 31.1 Å². The molecule has 1 unspecified atom stereocenters. The third kappa shape index (κ3) is 52.6. The Labute approximate surface area is 410 Å². The number of esters is 3. The Balaban J connectivity index is 4.14. The number of unbranched alkanes of at least 4 members (excludes halogenated alkanes) is 36. The first-order valence-electron chi connectivity index (χ1n) is 29.0. The Bertz CT molecular complexity index is 1110. The Morgan fingerprint density at radius 3 is 0.848 bits per heavy atom. The van der Waals surface area contributed by atoms with Crippen LogP contribution in [-0.4, -0.2) is 37.2 Å². The Kier molecular flexibility index (Phi) is 53.2. The van der Waals surface area contributed by atoms with Gasteiger partial charge < -0.3 is 14.2 Å². The van der Waals surface area contributed by atoms with Crippen molar-refractivity contribution in [1.29, 1.82) is 0 Å². The van der Waals surface area contributed by atoms with Crippen molar-refractivity contribution in [2.24, 2.45) is 0 Å². The van der Waals surface area contributed by atoms with Crippen LogP contribution in [0.5, 0.6) is 0 Å². The molecule has 0 bridgehead atoms. The fraction of sp³-hybridized carbons (Fsp3) is 0.850. The van der Waals surface area contributed by atoms with Crippen molar-refractivity contribution in [1.82, 2.24) is 0 Å². The van der Waals surface area contributed by atoms with Gasteiger partial charge in [-0.25, -0.2) is 0 Å². The highest BCUT2D eigenvalue weighted by molar-refractivity contribution is 5.71.